The number of rotatable bonds is 9. The quantitative estimate of drug-likeness (QED) is 0.231. The van der Waals surface area contributed by atoms with Crippen LogP contribution in [-0.4, -0.2) is 62.4 Å². The maximum Gasteiger partial charge on any atom is 0.253 e. The van der Waals surface area contributed by atoms with Crippen LogP contribution in [0.5, 0.6) is 0 Å². The van der Waals surface area contributed by atoms with Crippen molar-refractivity contribution in [3.8, 4) is 11.1 Å². The predicted molar refractivity (Wildman–Crippen MR) is 181 cm³/mol. The minimum Gasteiger partial charge on any atom is -0.324 e. The highest BCUT2D eigenvalue weighted by atomic mass is 32.3. The van der Waals surface area contributed by atoms with Crippen molar-refractivity contribution in [2.45, 2.75) is 60.0 Å². The maximum absolute atomic E-state index is 13.3. The zero-order valence-corrected chi connectivity index (χ0v) is 28.6. The Kier molecular flexibility index (Phi) is 9.20. The Balaban J connectivity index is 1.13. The van der Waals surface area contributed by atoms with Crippen molar-refractivity contribution in [1.82, 2.24) is 8.61 Å². The second-order valence-corrected chi connectivity index (χ2v) is 17.6. The zero-order chi connectivity index (χ0) is 32.6. The summed E-state index contributed by atoms with van der Waals surface area (Å²) in [6, 6.07) is 16.2. The summed E-state index contributed by atoms with van der Waals surface area (Å²) in [4.78, 5) is 26.5. The number of amides is 2. The molecule has 2 saturated heterocycles. The van der Waals surface area contributed by atoms with Gasteiger partial charge in [-0.25, -0.2) is 16.8 Å². The van der Waals surface area contributed by atoms with Crippen LogP contribution in [0.25, 0.3) is 11.1 Å². The Morgan fingerprint density at radius 2 is 1.09 bits per heavy atom. The minimum absolute atomic E-state index is 0.233. The number of thiophene rings is 2. The molecule has 2 atom stereocenters. The number of nitrogens with one attached hydrogen (secondary N) is 2. The number of anilines is 2. The normalized spacial score (nSPS) is 19.3. The summed E-state index contributed by atoms with van der Waals surface area (Å²) in [6.45, 7) is 4.37. The fraction of sp³-hybridized carbons (Fsp3) is 0.312. The number of carbonyl (C=O) groups excluding carboxylic acids is 2. The average Bonchev–Trinajstić information content (AvgIpc) is 3.86. The number of nitrogens with zero attached hydrogens (tertiary/aromatic N) is 2. The monoisotopic (exact) mass is 698 g/mol. The summed E-state index contributed by atoms with van der Waals surface area (Å²) in [5, 5.41) is 9.29. The molecule has 10 nitrogen and oxygen atoms in total. The van der Waals surface area contributed by atoms with Gasteiger partial charge in [-0.15, -0.1) is 22.7 Å². The molecule has 4 aromatic rings. The standard InChI is InChI=1S/C32H34N4O6S4/c1-21-19-23(11-13-25(21)33-31(37)27-7-3-15-35(27)45(39,40)29-9-5-17-43-29)24-12-14-26(22(2)20-24)34-32(38)28-8-4-16-36(28)46(41,42)30-10-6-18-44-30/h5-6,9-14,17-20,27-28H,3-4,7-8,15-16H2,1-2H3,(H,33,37)(H,34,38). The fourth-order valence-corrected chi connectivity index (χ4v) is 11.6. The molecule has 2 unspecified atom stereocenters. The van der Waals surface area contributed by atoms with Gasteiger partial charge in [0, 0.05) is 24.5 Å². The maximum atomic E-state index is 13.3. The molecule has 46 heavy (non-hydrogen) atoms. The first kappa shape index (κ1) is 32.5. The lowest BCUT2D eigenvalue weighted by Gasteiger charge is -2.23. The third-order valence-corrected chi connectivity index (χ3v) is 15.0. The summed E-state index contributed by atoms with van der Waals surface area (Å²) in [6.07, 6.45) is 2.14. The highest BCUT2D eigenvalue weighted by Crippen LogP contribution is 2.33. The first-order chi connectivity index (χ1) is 22.0. The van der Waals surface area contributed by atoms with Crippen LogP contribution in [0, 0.1) is 13.8 Å². The Bertz CT molecular complexity index is 1830. The molecule has 4 heterocycles. The third-order valence-electron chi connectivity index (χ3n) is 8.43. The van der Waals surface area contributed by atoms with Gasteiger partial charge in [0.2, 0.25) is 11.8 Å². The van der Waals surface area contributed by atoms with E-state index in [9.17, 15) is 26.4 Å². The number of hydrogen-bond donors (Lipinski definition) is 2. The van der Waals surface area contributed by atoms with E-state index in [1.54, 1.807) is 35.0 Å². The van der Waals surface area contributed by atoms with Crippen LogP contribution < -0.4 is 10.6 Å². The largest absolute Gasteiger partial charge is 0.324 e. The van der Waals surface area contributed by atoms with Crippen LogP contribution in [0.4, 0.5) is 11.4 Å². The molecule has 0 aliphatic carbocycles. The van der Waals surface area contributed by atoms with Crippen molar-refractivity contribution in [3.05, 3.63) is 82.6 Å². The van der Waals surface area contributed by atoms with Crippen LogP contribution in [-0.2, 0) is 29.6 Å². The lowest BCUT2D eigenvalue weighted by Crippen LogP contribution is -2.42. The van der Waals surface area contributed by atoms with E-state index in [0.717, 1.165) is 44.9 Å². The Labute approximate surface area is 277 Å². The summed E-state index contributed by atoms with van der Waals surface area (Å²) in [5.74, 6) is -0.707. The molecule has 2 amide bonds. The summed E-state index contributed by atoms with van der Waals surface area (Å²) >= 11 is 2.28. The second kappa shape index (κ2) is 13.0. The molecular formula is C32H34N4O6S4. The van der Waals surface area contributed by atoms with Crippen LogP contribution in [0.1, 0.15) is 36.8 Å². The topological polar surface area (TPSA) is 133 Å². The van der Waals surface area contributed by atoms with Gasteiger partial charge in [-0.05, 0) is 109 Å². The summed E-state index contributed by atoms with van der Waals surface area (Å²) in [7, 11) is -7.48. The van der Waals surface area contributed by atoms with Gasteiger partial charge in [-0.1, -0.05) is 24.3 Å². The molecule has 2 aromatic carbocycles. The van der Waals surface area contributed by atoms with Crippen molar-refractivity contribution in [2.24, 2.45) is 0 Å². The summed E-state index contributed by atoms with van der Waals surface area (Å²) < 4.78 is 55.5. The zero-order valence-electron chi connectivity index (χ0n) is 25.3. The molecule has 2 aromatic heterocycles. The van der Waals surface area contributed by atoms with Crippen molar-refractivity contribution < 1.29 is 26.4 Å². The van der Waals surface area contributed by atoms with Gasteiger partial charge < -0.3 is 10.6 Å². The first-order valence-corrected chi connectivity index (χ1v) is 19.5. The van der Waals surface area contributed by atoms with Gasteiger partial charge in [-0.2, -0.15) is 8.61 Å². The van der Waals surface area contributed by atoms with Crippen LogP contribution in [0.2, 0.25) is 0 Å². The first-order valence-electron chi connectivity index (χ1n) is 14.9. The highest BCUT2D eigenvalue weighted by Gasteiger charge is 2.41. The Hall–Kier alpha value is -3.40. The van der Waals surface area contributed by atoms with Gasteiger partial charge in [0.15, 0.2) is 0 Å². The lowest BCUT2D eigenvalue weighted by atomic mass is 9.99. The molecule has 0 bridgehead atoms. The van der Waals surface area contributed by atoms with Crippen molar-refractivity contribution >= 4 is 65.9 Å². The van der Waals surface area contributed by atoms with E-state index >= 15 is 0 Å². The number of aryl methyl sites for hydroxylation is 2. The van der Waals surface area contributed by atoms with E-state index in [2.05, 4.69) is 10.6 Å². The van der Waals surface area contributed by atoms with Crippen LogP contribution in [0.15, 0.2) is 79.8 Å². The molecule has 14 heteroatoms. The third kappa shape index (κ3) is 6.29. The van der Waals surface area contributed by atoms with E-state index < -0.39 is 32.1 Å². The number of hydrogen-bond acceptors (Lipinski definition) is 8. The van der Waals surface area contributed by atoms with E-state index in [0.29, 0.717) is 50.1 Å². The predicted octanol–water partition coefficient (Wildman–Crippen LogP) is 5.68. The minimum atomic E-state index is -3.74. The SMILES string of the molecule is Cc1cc(-c2ccc(NC(=O)C3CCCN3S(=O)(=O)c3cccs3)c(C)c2)ccc1NC(=O)C1CCCN1S(=O)(=O)c1cccs1. The molecule has 2 fully saturated rings. The smallest absolute Gasteiger partial charge is 0.253 e. The molecule has 0 spiro atoms. The summed E-state index contributed by atoms with van der Waals surface area (Å²) in [5.41, 5.74) is 4.66. The van der Waals surface area contributed by atoms with E-state index in [-0.39, 0.29) is 20.2 Å². The molecule has 0 radical (unpaired) electrons. The Morgan fingerprint density at radius 3 is 1.43 bits per heavy atom. The number of carbonyl (C=O) groups is 2. The van der Waals surface area contributed by atoms with Crippen LogP contribution in [0.3, 0.4) is 0 Å². The Morgan fingerprint density at radius 1 is 0.674 bits per heavy atom. The molecule has 2 aliphatic rings. The van der Waals surface area contributed by atoms with Crippen LogP contribution >= 0.6 is 22.7 Å². The number of benzene rings is 2. The van der Waals surface area contributed by atoms with E-state index in [1.807, 2.05) is 50.2 Å². The van der Waals surface area contributed by atoms with Crippen molar-refractivity contribution in [2.75, 3.05) is 23.7 Å². The van der Waals surface area contributed by atoms with Gasteiger partial charge in [0.1, 0.15) is 20.5 Å². The van der Waals surface area contributed by atoms with Gasteiger partial charge in [0.05, 0.1) is 0 Å². The number of sulfonamides is 2. The van der Waals surface area contributed by atoms with Gasteiger partial charge >= 0.3 is 0 Å². The van der Waals surface area contributed by atoms with Crippen molar-refractivity contribution in [3.63, 3.8) is 0 Å². The molecule has 2 aliphatic heterocycles. The molecule has 0 saturated carbocycles. The van der Waals surface area contributed by atoms with Gasteiger partial charge in [-0.3, -0.25) is 9.59 Å². The molecular weight excluding hydrogens is 665 g/mol. The molecule has 242 valence electrons. The van der Waals surface area contributed by atoms with E-state index in [1.165, 1.54) is 8.61 Å². The average molecular weight is 699 g/mol. The van der Waals surface area contributed by atoms with Crippen molar-refractivity contribution in [1.29, 1.82) is 0 Å². The molecule has 6 rings (SSSR count). The molecule has 2 N–H and O–H groups in total. The van der Waals surface area contributed by atoms with Gasteiger partial charge in [0.25, 0.3) is 20.0 Å². The second-order valence-electron chi connectivity index (χ2n) is 11.4. The highest BCUT2D eigenvalue weighted by molar-refractivity contribution is 7.91. The fourth-order valence-electron chi connectivity index (χ4n) is 6.03. The lowest BCUT2D eigenvalue weighted by molar-refractivity contribution is -0.119. The van der Waals surface area contributed by atoms with E-state index in [4.69, 9.17) is 0 Å².